The van der Waals surface area contributed by atoms with Crippen molar-refractivity contribution in [1.82, 2.24) is 19.7 Å². The fraction of sp³-hybridized carbons (Fsp3) is 0.529. The molecular weight excluding hydrogens is 354 g/mol. The van der Waals surface area contributed by atoms with Gasteiger partial charge in [-0.05, 0) is 31.9 Å². The van der Waals surface area contributed by atoms with Gasteiger partial charge in [0.25, 0.3) is 0 Å². The molecule has 1 saturated carbocycles. The Hall–Kier alpha value is -2.29. The molecule has 1 aliphatic carbocycles. The van der Waals surface area contributed by atoms with Gasteiger partial charge in [-0.2, -0.15) is 0 Å². The Bertz CT molecular complexity index is 796. The normalized spacial score (nSPS) is 13.8. The number of aryl methyl sites for hydroxylation is 1. The van der Waals surface area contributed by atoms with Gasteiger partial charge in [0, 0.05) is 25.9 Å². The van der Waals surface area contributed by atoms with Gasteiger partial charge in [0.1, 0.15) is 17.3 Å². The molecule has 0 aliphatic heterocycles. The van der Waals surface area contributed by atoms with Crippen molar-refractivity contribution in [3.8, 4) is 0 Å². The second-order valence-corrected chi connectivity index (χ2v) is 7.48. The van der Waals surface area contributed by atoms with Gasteiger partial charge in [-0.25, -0.2) is 0 Å². The van der Waals surface area contributed by atoms with Crippen molar-refractivity contribution in [1.29, 1.82) is 0 Å². The minimum Gasteiger partial charge on any atom is -0.464 e. The summed E-state index contributed by atoms with van der Waals surface area (Å²) in [5, 5.41) is 9.11. The summed E-state index contributed by atoms with van der Waals surface area (Å²) in [6.07, 6.45) is 2.41. The Balaban J connectivity index is 1.59. The van der Waals surface area contributed by atoms with Gasteiger partial charge in [0.05, 0.1) is 12.3 Å². The van der Waals surface area contributed by atoms with Crippen LogP contribution in [0.3, 0.4) is 0 Å². The lowest BCUT2D eigenvalue weighted by atomic mass is 10.3. The number of carbonyl (C=O) groups excluding carboxylic acids is 2. The van der Waals surface area contributed by atoms with E-state index in [0.29, 0.717) is 24.2 Å². The Kier molecular flexibility index (Phi) is 5.65. The van der Waals surface area contributed by atoms with E-state index in [1.54, 1.807) is 11.9 Å². The van der Waals surface area contributed by atoms with E-state index in [2.05, 4.69) is 10.2 Å². The monoisotopic (exact) mass is 377 g/mol. The first-order valence-electron chi connectivity index (χ1n) is 8.57. The van der Waals surface area contributed by atoms with E-state index < -0.39 is 0 Å². The van der Waals surface area contributed by atoms with E-state index in [1.807, 2.05) is 23.6 Å². The molecular formula is C17H23N5O3S. The molecule has 0 atom stereocenters. The zero-order valence-corrected chi connectivity index (χ0v) is 15.8. The molecule has 2 N–H and O–H groups in total. The minimum absolute atomic E-state index is 0.0264. The van der Waals surface area contributed by atoms with Crippen molar-refractivity contribution in [2.45, 2.75) is 50.4 Å². The summed E-state index contributed by atoms with van der Waals surface area (Å²) in [7, 11) is 1.74. The number of thioether (sulfide) groups is 1. The van der Waals surface area contributed by atoms with Crippen LogP contribution in [0.5, 0.6) is 0 Å². The molecule has 0 bridgehead atoms. The largest absolute Gasteiger partial charge is 0.464 e. The Morgan fingerprint density at radius 1 is 1.38 bits per heavy atom. The van der Waals surface area contributed by atoms with Crippen molar-refractivity contribution in [2.24, 2.45) is 5.73 Å². The first-order valence-corrected chi connectivity index (χ1v) is 9.56. The third kappa shape index (κ3) is 4.66. The first-order chi connectivity index (χ1) is 12.4. The van der Waals surface area contributed by atoms with Gasteiger partial charge >= 0.3 is 0 Å². The lowest BCUT2D eigenvalue weighted by molar-refractivity contribution is -0.127. The third-order valence-electron chi connectivity index (χ3n) is 4.21. The zero-order valence-electron chi connectivity index (χ0n) is 15.0. The van der Waals surface area contributed by atoms with Gasteiger partial charge in [0.2, 0.25) is 11.8 Å². The topological polar surface area (TPSA) is 107 Å². The van der Waals surface area contributed by atoms with Crippen LogP contribution in [-0.4, -0.2) is 44.3 Å². The Morgan fingerprint density at radius 2 is 2.15 bits per heavy atom. The molecule has 2 heterocycles. The quantitative estimate of drug-likeness (QED) is 0.666. The molecule has 140 valence electrons. The maximum Gasteiger partial charge on any atom is 0.233 e. The predicted octanol–water partition coefficient (Wildman–Crippen LogP) is 1.68. The summed E-state index contributed by atoms with van der Waals surface area (Å²) >= 11 is 1.33. The van der Waals surface area contributed by atoms with E-state index in [0.717, 1.165) is 30.2 Å². The lowest BCUT2D eigenvalue weighted by Gasteiger charge is -2.15. The number of furan rings is 1. The average Bonchev–Trinajstić information content (AvgIpc) is 3.23. The van der Waals surface area contributed by atoms with Crippen LogP contribution in [0.15, 0.2) is 21.7 Å². The number of rotatable bonds is 9. The van der Waals surface area contributed by atoms with E-state index in [1.165, 1.54) is 11.8 Å². The van der Waals surface area contributed by atoms with Crippen LogP contribution in [0.2, 0.25) is 0 Å². The SMILES string of the molecule is Cc1ccc(CN(C)C(=O)CSc2nnc(C3CC3)n2CCC(N)=O)o1. The number of hydrogen-bond donors (Lipinski definition) is 1. The highest BCUT2D eigenvalue weighted by Gasteiger charge is 2.30. The number of amides is 2. The van der Waals surface area contributed by atoms with Crippen LogP contribution < -0.4 is 5.73 Å². The molecule has 0 spiro atoms. The molecule has 2 aromatic heterocycles. The summed E-state index contributed by atoms with van der Waals surface area (Å²) in [4.78, 5) is 25.1. The highest BCUT2D eigenvalue weighted by molar-refractivity contribution is 7.99. The van der Waals surface area contributed by atoms with Crippen molar-refractivity contribution >= 4 is 23.6 Å². The summed E-state index contributed by atoms with van der Waals surface area (Å²) in [5.74, 6) is 2.73. The summed E-state index contributed by atoms with van der Waals surface area (Å²) in [6.45, 7) is 2.75. The molecule has 1 fully saturated rings. The zero-order chi connectivity index (χ0) is 18.7. The minimum atomic E-state index is -0.360. The fourth-order valence-electron chi connectivity index (χ4n) is 2.61. The van der Waals surface area contributed by atoms with Gasteiger partial charge in [-0.3, -0.25) is 9.59 Å². The molecule has 2 aromatic rings. The van der Waals surface area contributed by atoms with Crippen LogP contribution in [0, 0.1) is 6.92 Å². The molecule has 9 heteroatoms. The Labute approximate surface area is 156 Å². The van der Waals surface area contributed by atoms with Gasteiger partial charge in [-0.1, -0.05) is 11.8 Å². The average molecular weight is 377 g/mol. The van der Waals surface area contributed by atoms with E-state index >= 15 is 0 Å². The fourth-order valence-corrected chi connectivity index (χ4v) is 3.52. The molecule has 0 radical (unpaired) electrons. The molecule has 1 aliphatic rings. The second-order valence-electron chi connectivity index (χ2n) is 6.53. The van der Waals surface area contributed by atoms with Crippen molar-refractivity contribution in [2.75, 3.05) is 12.8 Å². The maximum absolute atomic E-state index is 12.4. The molecule has 0 unspecified atom stereocenters. The van der Waals surface area contributed by atoms with Crippen LogP contribution >= 0.6 is 11.8 Å². The molecule has 0 aromatic carbocycles. The molecule has 26 heavy (non-hydrogen) atoms. The number of carbonyl (C=O) groups is 2. The van der Waals surface area contributed by atoms with Gasteiger partial charge in [-0.15, -0.1) is 10.2 Å². The number of primary amides is 1. The van der Waals surface area contributed by atoms with Crippen LogP contribution in [0.25, 0.3) is 0 Å². The number of hydrogen-bond acceptors (Lipinski definition) is 6. The maximum atomic E-state index is 12.4. The second kappa shape index (κ2) is 7.94. The van der Waals surface area contributed by atoms with Crippen LogP contribution in [0.4, 0.5) is 0 Å². The number of nitrogens with zero attached hydrogens (tertiary/aromatic N) is 4. The van der Waals surface area contributed by atoms with Crippen molar-refractivity contribution in [3.05, 3.63) is 29.5 Å². The smallest absolute Gasteiger partial charge is 0.233 e. The van der Waals surface area contributed by atoms with Crippen LogP contribution in [0.1, 0.15) is 42.5 Å². The number of aromatic nitrogens is 3. The Morgan fingerprint density at radius 3 is 2.77 bits per heavy atom. The first kappa shape index (κ1) is 18.5. The number of nitrogens with two attached hydrogens (primary N) is 1. The molecule has 0 saturated heterocycles. The molecule has 2 amide bonds. The molecule has 3 rings (SSSR count). The summed E-state index contributed by atoms with van der Waals surface area (Å²) in [6, 6.07) is 3.75. The third-order valence-corrected chi connectivity index (χ3v) is 5.16. The van der Waals surface area contributed by atoms with Crippen molar-refractivity contribution < 1.29 is 14.0 Å². The molecule has 8 nitrogen and oxygen atoms in total. The van der Waals surface area contributed by atoms with Gasteiger partial charge < -0.3 is 19.6 Å². The van der Waals surface area contributed by atoms with Crippen molar-refractivity contribution in [3.63, 3.8) is 0 Å². The van der Waals surface area contributed by atoms with E-state index in [4.69, 9.17) is 10.2 Å². The summed E-state index contributed by atoms with van der Waals surface area (Å²) < 4.78 is 7.43. The summed E-state index contributed by atoms with van der Waals surface area (Å²) in [5.41, 5.74) is 5.27. The predicted molar refractivity (Wildman–Crippen MR) is 96.5 cm³/mol. The highest BCUT2D eigenvalue weighted by atomic mass is 32.2. The highest BCUT2D eigenvalue weighted by Crippen LogP contribution is 2.40. The van der Waals surface area contributed by atoms with E-state index in [9.17, 15) is 9.59 Å². The standard InChI is InChI=1S/C17H23N5O3S/c1-11-3-6-13(25-11)9-21(2)15(24)10-26-17-20-19-16(12-4-5-12)22(17)8-7-14(18)23/h3,6,12H,4-5,7-10H2,1-2H3,(H2,18,23). The lowest BCUT2D eigenvalue weighted by Crippen LogP contribution is -2.27. The van der Waals surface area contributed by atoms with E-state index in [-0.39, 0.29) is 24.0 Å². The van der Waals surface area contributed by atoms with Crippen LogP contribution in [-0.2, 0) is 22.7 Å². The van der Waals surface area contributed by atoms with Gasteiger partial charge in [0.15, 0.2) is 5.16 Å².